The van der Waals surface area contributed by atoms with Crippen molar-refractivity contribution in [3.05, 3.63) is 191 Å². The van der Waals surface area contributed by atoms with Gasteiger partial charge in [0.1, 0.15) is 17.2 Å². The Morgan fingerprint density at radius 3 is 1.48 bits per heavy atom. The molecule has 0 saturated carbocycles. The molecule has 260 valence electrons. The summed E-state index contributed by atoms with van der Waals surface area (Å²) in [4.78, 5) is 56.7. The SMILES string of the molecule is O=C(OC(c1ccccc1)c1ccccc1)C1=C(O)CS[C@H]2C(NC(=O)C(C(=O)OC(c3ccccc3)c3ccccc3)c3ccccc3)C(=O)N12. The number of aliphatic hydroxyl groups excluding tert-OH is 1. The highest BCUT2D eigenvalue weighted by Crippen LogP contribution is 2.41. The Bertz CT molecular complexity index is 2000. The number of benzene rings is 5. The van der Waals surface area contributed by atoms with Crippen LogP contribution in [0.25, 0.3) is 0 Å². The van der Waals surface area contributed by atoms with Crippen molar-refractivity contribution in [1.29, 1.82) is 0 Å². The second-order valence-corrected chi connectivity index (χ2v) is 13.4. The summed E-state index contributed by atoms with van der Waals surface area (Å²) in [5, 5.41) is 12.9. The normalized spacial score (nSPS) is 17.2. The third-order valence-corrected chi connectivity index (χ3v) is 10.2. The van der Waals surface area contributed by atoms with E-state index in [1.165, 1.54) is 11.8 Å². The van der Waals surface area contributed by atoms with Gasteiger partial charge in [-0.25, -0.2) is 4.79 Å². The molecular formula is C42H34N2O7S. The molecular weight excluding hydrogens is 677 g/mol. The van der Waals surface area contributed by atoms with Crippen LogP contribution in [0.2, 0.25) is 0 Å². The van der Waals surface area contributed by atoms with Crippen LogP contribution in [0.15, 0.2) is 163 Å². The Kier molecular flexibility index (Phi) is 10.2. The number of fused-ring (bicyclic) bond motifs is 1. The standard InChI is InChI=1S/C42H34N2O7S/c45-32-26-52-40-34(39(47)44(40)35(32)42(49)51-37(30-22-12-4-13-23-30)31-24-14-5-15-25-31)43-38(46)33(27-16-6-1-7-17-27)41(48)50-36(28-18-8-2-9-19-28)29-20-10-3-11-21-29/h1-25,33-34,36-37,40,45H,26H2,(H,43,46)/t33?,34?,40-/m0/s1. The maximum atomic E-state index is 14.1. The van der Waals surface area contributed by atoms with E-state index in [1.54, 1.807) is 30.3 Å². The summed E-state index contributed by atoms with van der Waals surface area (Å²) in [6.45, 7) is 0. The van der Waals surface area contributed by atoms with Gasteiger partial charge in [-0.15, -0.1) is 11.8 Å². The molecule has 52 heavy (non-hydrogen) atoms. The smallest absolute Gasteiger partial charge is 0.359 e. The first-order chi connectivity index (χ1) is 25.4. The van der Waals surface area contributed by atoms with Crippen LogP contribution >= 0.6 is 11.8 Å². The first kappa shape index (κ1) is 34.3. The topological polar surface area (TPSA) is 122 Å². The number of amides is 2. The van der Waals surface area contributed by atoms with Gasteiger partial charge in [-0.2, -0.15) is 0 Å². The highest BCUT2D eigenvalue weighted by Gasteiger charge is 2.55. The number of carbonyl (C=O) groups is 4. The molecule has 0 bridgehead atoms. The fourth-order valence-electron chi connectivity index (χ4n) is 6.39. The Morgan fingerprint density at radius 2 is 1.04 bits per heavy atom. The molecule has 1 saturated heterocycles. The molecule has 1 fully saturated rings. The number of rotatable bonds is 11. The van der Waals surface area contributed by atoms with Crippen molar-refractivity contribution in [2.45, 2.75) is 29.5 Å². The van der Waals surface area contributed by atoms with Gasteiger partial charge in [-0.3, -0.25) is 19.3 Å². The predicted octanol–water partition coefficient (Wildman–Crippen LogP) is 6.61. The van der Waals surface area contributed by atoms with Crippen molar-refractivity contribution in [1.82, 2.24) is 10.2 Å². The quantitative estimate of drug-likeness (QED) is 0.0893. The fraction of sp³-hybridized carbons (Fsp3) is 0.143. The molecule has 10 heteroatoms. The first-order valence-electron chi connectivity index (χ1n) is 16.7. The van der Waals surface area contributed by atoms with Crippen LogP contribution in [-0.2, 0) is 28.7 Å². The summed E-state index contributed by atoms with van der Waals surface area (Å²) < 4.78 is 12.1. The summed E-state index contributed by atoms with van der Waals surface area (Å²) in [6.07, 6.45) is -1.59. The van der Waals surface area contributed by atoms with Crippen LogP contribution in [0.3, 0.4) is 0 Å². The molecule has 5 aromatic rings. The second kappa shape index (κ2) is 15.4. The largest absolute Gasteiger partial charge is 0.509 e. The molecule has 5 aromatic carbocycles. The molecule has 2 N–H and O–H groups in total. The number of aliphatic hydroxyl groups is 1. The van der Waals surface area contributed by atoms with Crippen molar-refractivity contribution in [3.63, 3.8) is 0 Å². The second-order valence-electron chi connectivity index (χ2n) is 12.3. The third-order valence-electron chi connectivity index (χ3n) is 8.94. The third kappa shape index (κ3) is 7.06. The van der Waals surface area contributed by atoms with E-state index < -0.39 is 53.3 Å². The van der Waals surface area contributed by atoms with Crippen molar-refractivity contribution in [3.8, 4) is 0 Å². The monoisotopic (exact) mass is 710 g/mol. The highest BCUT2D eigenvalue weighted by molar-refractivity contribution is 8.00. The summed E-state index contributed by atoms with van der Waals surface area (Å²) >= 11 is 1.19. The van der Waals surface area contributed by atoms with E-state index in [-0.39, 0.29) is 17.2 Å². The molecule has 7 rings (SSSR count). The van der Waals surface area contributed by atoms with Crippen molar-refractivity contribution in [2.24, 2.45) is 0 Å². The van der Waals surface area contributed by atoms with Gasteiger partial charge in [0.15, 0.2) is 23.8 Å². The number of β-lactam (4-membered cyclic amide) rings is 1. The van der Waals surface area contributed by atoms with E-state index in [0.717, 1.165) is 16.0 Å². The lowest BCUT2D eigenvalue weighted by Gasteiger charge is -2.49. The van der Waals surface area contributed by atoms with Crippen molar-refractivity contribution in [2.75, 3.05) is 5.75 Å². The Hall–Kier alpha value is -6.13. The van der Waals surface area contributed by atoms with E-state index in [1.807, 2.05) is 121 Å². The minimum Gasteiger partial charge on any atom is -0.509 e. The zero-order valence-corrected chi connectivity index (χ0v) is 28.6. The van der Waals surface area contributed by atoms with Gasteiger partial charge in [-0.05, 0) is 27.8 Å². The number of ether oxygens (including phenoxy) is 2. The van der Waals surface area contributed by atoms with Gasteiger partial charge in [-0.1, -0.05) is 152 Å². The summed E-state index contributed by atoms with van der Waals surface area (Å²) in [7, 11) is 0. The number of thioether (sulfide) groups is 1. The van der Waals surface area contributed by atoms with E-state index in [2.05, 4.69) is 5.32 Å². The van der Waals surface area contributed by atoms with E-state index in [4.69, 9.17) is 9.47 Å². The molecule has 2 aliphatic rings. The summed E-state index contributed by atoms with van der Waals surface area (Å²) in [5.41, 5.74) is 2.99. The lowest BCUT2D eigenvalue weighted by molar-refractivity contribution is -0.157. The zero-order chi connectivity index (χ0) is 36.0. The number of nitrogens with zero attached hydrogens (tertiary/aromatic N) is 1. The van der Waals surface area contributed by atoms with E-state index >= 15 is 0 Å². The van der Waals surface area contributed by atoms with Crippen molar-refractivity contribution >= 4 is 35.5 Å². The van der Waals surface area contributed by atoms with Crippen LogP contribution in [0.1, 0.15) is 45.9 Å². The van der Waals surface area contributed by atoms with Crippen LogP contribution in [0.5, 0.6) is 0 Å². The molecule has 0 aromatic heterocycles. The number of hydrogen-bond donors (Lipinski definition) is 2. The first-order valence-corrected chi connectivity index (χ1v) is 17.8. The molecule has 0 aliphatic carbocycles. The molecule has 2 amide bonds. The Labute approximate surface area is 304 Å². The van der Waals surface area contributed by atoms with Gasteiger partial charge in [0.05, 0.1) is 5.75 Å². The van der Waals surface area contributed by atoms with E-state index in [0.29, 0.717) is 16.7 Å². The summed E-state index contributed by atoms with van der Waals surface area (Å²) in [5.74, 6) is -4.72. The molecule has 0 radical (unpaired) electrons. The number of nitrogens with one attached hydrogen (secondary N) is 1. The molecule has 3 atom stereocenters. The molecule has 0 spiro atoms. The molecule has 2 heterocycles. The lowest BCUT2D eigenvalue weighted by Crippen LogP contribution is -2.71. The van der Waals surface area contributed by atoms with Crippen LogP contribution in [-0.4, -0.2) is 50.9 Å². The van der Waals surface area contributed by atoms with Crippen LogP contribution < -0.4 is 5.32 Å². The summed E-state index contributed by atoms with van der Waals surface area (Å²) in [6, 6.07) is 44.2. The average Bonchev–Trinajstić information content (AvgIpc) is 3.19. The van der Waals surface area contributed by atoms with Gasteiger partial charge >= 0.3 is 11.9 Å². The molecule has 2 unspecified atom stereocenters. The number of hydrogen-bond acceptors (Lipinski definition) is 8. The van der Waals surface area contributed by atoms with Crippen molar-refractivity contribution < 1.29 is 33.8 Å². The lowest BCUT2D eigenvalue weighted by atomic mass is 9.95. The van der Waals surface area contributed by atoms with Gasteiger partial charge in [0, 0.05) is 0 Å². The van der Waals surface area contributed by atoms with Gasteiger partial charge in [0.2, 0.25) is 5.91 Å². The maximum absolute atomic E-state index is 14.1. The Morgan fingerprint density at radius 1 is 0.635 bits per heavy atom. The zero-order valence-electron chi connectivity index (χ0n) is 27.8. The van der Waals surface area contributed by atoms with Gasteiger partial charge < -0.3 is 19.9 Å². The maximum Gasteiger partial charge on any atom is 0.359 e. The number of esters is 2. The van der Waals surface area contributed by atoms with E-state index in [9.17, 15) is 24.3 Å². The predicted molar refractivity (Wildman–Crippen MR) is 195 cm³/mol. The fourth-order valence-corrected chi connectivity index (χ4v) is 7.59. The van der Waals surface area contributed by atoms with Gasteiger partial charge in [0.25, 0.3) is 5.91 Å². The van der Waals surface area contributed by atoms with Crippen LogP contribution in [0.4, 0.5) is 0 Å². The highest BCUT2D eigenvalue weighted by atomic mass is 32.2. The minimum atomic E-state index is -1.41. The minimum absolute atomic E-state index is 0.00653. The molecule has 9 nitrogen and oxygen atoms in total. The number of carbonyl (C=O) groups excluding carboxylic acids is 4. The Balaban J connectivity index is 1.11. The molecule has 2 aliphatic heterocycles. The van der Waals surface area contributed by atoms with Crippen LogP contribution in [0, 0.1) is 0 Å². The average molecular weight is 711 g/mol.